The third kappa shape index (κ3) is 4.99. The second-order valence-electron chi connectivity index (χ2n) is 4.81. The lowest BCUT2D eigenvalue weighted by molar-refractivity contribution is -0.163. The van der Waals surface area contributed by atoms with Crippen LogP contribution in [0.25, 0.3) is 0 Å². The molecule has 0 fully saturated rings. The van der Waals surface area contributed by atoms with Crippen molar-refractivity contribution in [1.82, 2.24) is 5.48 Å². The topological polar surface area (TPSA) is 102 Å². The molecule has 0 aliphatic rings. The lowest BCUT2D eigenvalue weighted by atomic mass is 10.1. The van der Waals surface area contributed by atoms with Crippen molar-refractivity contribution in [2.45, 2.75) is 32.0 Å². The predicted octanol–water partition coefficient (Wildman–Crippen LogP) is 0.106. The van der Waals surface area contributed by atoms with Gasteiger partial charge in [-0.3, -0.25) is 14.4 Å². The van der Waals surface area contributed by atoms with Crippen LogP contribution in [0.5, 0.6) is 0 Å². The Morgan fingerprint density at radius 2 is 2.00 bits per heavy atom. The zero-order valence-corrected chi connectivity index (χ0v) is 11.5. The quantitative estimate of drug-likeness (QED) is 0.616. The largest absolute Gasteiger partial charge is 0.383 e. The average Bonchev–Trinajstić information content (AvgIpc) is 2.43. The molecule has 0 aromatic heterocycles. The number of benzene rings is 1. The number of hydroxylamine groups is 1. The van der Waals surface area contributed by atoms with Crippen molar-refractivity contribution in [3.8, 4) is 0 Å². The Morgan fingerprint density at radius 3 is 2.55 bits per heavy atom. The summed E-state index contributed by atoms with van der Waals surface area (Å²) >= 11 is 0. The van der Waals surface area contributed by atoms with Crippen LogP contribution in [-0.4, -0.2) is 28.6 Å². The first kappa shape index (κ1) is 16.1. The highest BCUT2D eigenvalue weighted by Crippen LogP contribution is 2.07. The first-order valence-corrected chi connectivity index (χ1v) is 6.16. The summed E-state index contributed by atoms with van der Waals surface area (Å²) in [7, 11) is 0. The highest BCUT2D eigenvalue weighted by molar-refractivity contribution is 5.84. The lowest BCUT2D eigenvalue weighted by Crippen LogP contribution is -2.48. The number of hydrogen-bond donors (Lipinski definition) is 3. The minimum absolute atomic E-state index is 0.439. The van der Waals surface area contributed by atoms with Crippen LogP contribution in [0.2, 0.25) is 0 Å². The van der Waals surface area contributed by atoms with Crippen molar-refractivity contribution < 1.29 is 19.5 Å². The van der Waals surface area contributed by atoms with Crippen molar-refractivity contribution in [3.63, 3.8) is 0 Å². The fraction of sp³-hybridized carbons (Fsp3) is 0.357. The van der Waals surface area contributed by atoms with Gasteiger partial charge in [0.25, 0.3) is 11.8 Å². The van der Waals surface area contributed by atoms with E-state index in [0.29, 0.717) is 6.42 Å². The van der Waals surface area contributed by atoms with Gasteiger partial charge in [-0.15, -0.1) is 0 Å². The highest BCUT2D eigenvalue weighted by Gasteiger charge is 2.28. The molecule has 0 spiro atoms. The van der Waals surface area contributed by atoms with Gasteiger partial charge in [-0.1, -0.05) is 30.3 Å². The summed E-state index contributed by atoms with van der Waals surface area (Å²) in [5.74, 6) is -1.48. The van der Waals surface area contributed by atoms with E-state index in [2.05, 4.69) is 0 Å². The van der Waals surface area contributed by atoms with Gasteiger partial charge in [0.1, 0.15) is 6.10 Å². The molecule has 109 valence electrons. The lowest BCUT2D eigenvalue weighted by Gasteiger charge is -2.21. The van der Waals surface area contributed by atoms with Crippen molar-refractivity contribution >= 4 is 11.8 Å². The van der Waals surface area contributed by atoms with Gasteiger partial charge in [0.2, 0.25) is 0 Å². The number of rotatable bonds is 7. The normalized spacial score (nSPS) is 12.8. The van der Waals surface area contributed by atoms with Gasteiger partial charge in [0.15, 0.2) is 5.60 Å². The van der Waals surface area contributed by atoms with Gasteiger partial charge >= 0.3 is 0 Å². The molecule has 0 aliphatic carbocycles. The standard InChI is InChI=1S/C14H19N2O4/c1-14(2,13(15)19)20-16-12(18)11(17)9-8-10-6-4-3-5-7-10/h3-7,9,11,17H,8H2,1-2H3,(H2,15,19)(H,16,18)/t11-/m0/s1. The molecular formula is C14H19N2O4. The van der Waals surface area contributed by atoms with Gasteiger partial charge < -0.3 is 10.8 Å². The molecule has 0 unspecified atom stereocenters. The molecule has 1 aromatic rings. The molecular weight excluding hydrogens is 260 g/mol. The van der Waals surface area contributed by atoms with Crippen molar-refractivity contribution in [2.75, 3.05) is 0 Å². The van der Waals surface area contributed by atoms with Crippen molar-refractivity contribution in [2.24, 2.45) is 5.73 Å². The molecule has 6 nitrogen and oxygen atoms in total. The van der Waals surface area contributed by atoms with E-state index in [9.17, 15) is 14.7 Å². The first-order valence-electron chi connectivity index (χ1n) is 6.16. The summed E-state index contributed by atoms with van der Waals surface area (Å²) in [6.07, 6.45) is 0.541. The number of primary amides is 1. The third-order valence-electron chi connectivity index (χ3n) is 2.69. The van der Waals surface area contributed by atoms with Gasteiger partial charge in [-0.25, -0.2) is 5.48 Å². The van der Waals surface area contributed by atoms with Crippen LogP contribution in [-0.2, 0) is 20.8 Å². The van der Waals surface area contributed by atoms with Crippen LogP contribution in [0, 0.1) is 6.42 Å². The SMILES string of the molecule is CC(C)(ONC(=O)[C@@H](O)[CH]Cc1ccccc1)C(N)=O. The summed E-state index contributed by atoms with van der Waals surface area (Å²) in [4.78, 5) is 27.4. The Bertz CT molecular complexity index is 460. The Morgan fingerprint density at radius 1 is 1.40 bits per heavy atom. The minimum atomic E-state index is -1.34. The van der Waals surface area contributed by atoms with Crippen molar-refractivity contribution in [1.29, 1.82) is 0 Å². The predicted molar refractivity (Wildman–Crippen MR) is 73.0 cm³/mol. The van der Waals surface area contributed by atoms with E-state index in [-0.39, 0.29) is 0 Å². The third-order valence-corrected chi connectivity index (χ3v) is 2.69. The van der Waals surface area contributed by atoms with Crippen LogP contribution >= 0.6 is 0 Å². The Hall–Kier alpha value is -1.92. The molecule has 20 heavy (non-hydrogen) atoms. The minimum Gasteiger partial charge on any atom is -0.383 e. The summed E-state index contributed by atoms with van der Waals surface area (Å²) in [6, 6.07) is 9.39. The number of carbonyl (C=O) groups excluding carboxylic acids is 2. The fourth-order valence-electron chi connectivity index (χ4n) is 1.26. The van der Waals surface area contributed by atoms with E-state index in [1.165, 1.54) is 20.3 Å². The zero-order chi connectivity index (χ0) is 15.2. The molecule has 4 N–H and O–H groups in total. The van der Waals surface area contributed by atoms with Gasteiger partial charge in [-0.05, 0) is 25.8 Å². The molecule has 2 amide bonds. The number of aliphatic hydroxyl groups is 1. The van der Waals surface area contributed by atoms with Gasteiger partial charge in [0.05, 0.1) is 0 Å². The Labute approximate surface area is 117 Å². The molecule has 0 saturated carbocycles. The number of carbonyl (C=O) groups is 2. The number of amides is 2. The van der Waals surface area contributed by atoms with E-state index in [1.54, 1.807) is 0 Å². The summed E-state index contributed by atoms with van der Waals surface area (Å²) in [5.41, 5.74) is 6.73. The molecule has 0 bridgehead atoms. The van der Waals surface area contributed by atoms with E-state index >= 15 is 0 Å². The zero-order valence-electron chi connectivity index (χ0n) is 11.5. The molecule has 1 rings (SSSR count). The van der Waals surface area contributed by atoms with Crippen LogP contribution in [0.1, 0.15) is 19.4 Å². The van der Waals surface area contributed by atoms with Crippen molar-refractivity contribution in [3.05, 3.63) is 42.3 Å². The summed E-state index contributed by atoms with van der Waals surface area (Å²) in [5, 5.41) is 9.65. The smallest absolute Gasteiger partial charge is 0.272 e. The van der Waals surface area contributed by atoms with E-state index in [4.69, 9.17) is 10.6 Å². The molecule has 0 saturated heterocycles. The molecule has 6 heteroatoms. The summed E-state index contributed by atoms with van der Waals surface area (Å²) in [6.45, 7) is 2.82. The number of hydrogen-bond acceptors (Lipinski definition) is 4. The number of aliphatic hydroxyl groups excluding tert-OH is 1. The summed E-state index contributed by atoms with van der Waals surface area (Å²) < 4.78 is 0. The molecule has 1 aromatic carbocycles. The molecule has 0 aliphatic heterocycles. The van der Waals surface area contributed by atoms with Gasteiger partial charge in [0, 0.05) is 6.42 Å². The van der Waals surface area contributed by atoms with Crippen LogP contribution < -0.4 is 11.2 Å². The van der Waals surface area contributed by atoms with E-state index in [0.717, 1.165) is 5.56 Å². The molecule has 0 heterocycles. The number of nitrogens with two attached hydrogens (primary N) is 1. The fourth-order valence-corrected chi connectivity index (χ4v) is 1.26. The maximum absolute atomic E-state index is 11.6. The number of nitrogens with one attached hydrogen (secondary N) is 1. The molecule has 1 atom stereocenters. The average molecular weight is 279 g/mol. The van der Waals surface area contributed by atoms with Crippen LogP contribution in [0.4, 0.5) is 0 Å². The van der Waals surface area contributed by atoms with Gasteiger partial charge in [-0.2, -0.15) is 0 Å². The maximum Gasteiger partial charge on any atom is 0.272 e. The second-order valence-corrected chi connectivity index (χ2v) is 4.81. The second kappa shape index (κ2) is 7.02. The van der Waals surface area contributed by atoms with E-state index < -0.39 is 23.5 Å². The Balaban J connectivity index is 2.38. The monoisotopic (exact) mass is 279 g/mol. The first-order chi connectivity index (χ1) is 9.33. The maximum atomic E-state index is 11.6. The highest BCUT2D eigenvalue weighted by atomic mass is 16.7. The van der Waals surface area contributed by atoms with Crippen LogP contribution in [0.15, 0.2) is 30.3 Å². The Kier molecular flexibility index (Phi) is 5.66. The van der Waals surface area contributed by atoms with Crippen LogP contribution in [0.3, 0.4) is 0 Å². The van der Waals surface area contributed by atoms with E-state index in [1.807, 2.05) is 35.8 Å². The molecule has 1 radical (unpaired) electrons.